The lowest BCUT2D eigenvalue weighted by Gasteiger charge is -2.35. The highest BCUT2D eigenvalue weighted by Crippen LogP contribution is 2.19. The molecule has 0 aromatic carbocycles. The molecule has 1 N–H and O–H groups in total. The molecule has 1 fully saturated rings. The van der Waals surface area contributed by atoms with Crippen molar-refractivity contribution >= 4 is 15.9 Å². The minimum absolute atomic E-state index is 0.172. The van der Waals surface area contributed by atoms with E-state index in [1.165, 1.54) is 42.3 Å². The molecule has 0 aliphatic carbocycles. The van der Waals surface area contributed by atoms with Gasteiger partial charge >= 0.3 is 0 Å². The van der Waals surface area contributed by atoms with Crippen LogP contribution in [0, 0.1) is 0 Å². The van der Waals surface area contributed by atoms with Gasteiger partial charge in [0.05, 0.1) is 0 Å². The van der Waals surface area contributed by atoms with Gasteiger partial charge in [-0.2, -0.15) is 4.31 Å². The maximum Gasteiger partial charge on any atom is 0.267 e. The molecule has 160 valence electrons. The van der Waals surface area contributed by atoms with E-state index in [1.807, 2.05) is 13.8 Å². The minimum atomic E-state index is -3.57. The molecule has 2 heterocycles. The summed E-state index contributed by atoms with van der Waals surface area (Å²) in [6.45, 7) is 9.41. The van der Waals surface area contributed by atoms with Gasteiger partial charge in [0, 0.05) is 38.9 Å². The van der Waals surface area contributed by atoms with Crippen LogP contribution < -0.4 is 5.32 Å². The molecule has 7 nitrogen and oxygen atoms in total. The van der Waals surface area contributed by atoms with Crippen LogP contribution in [0.4, 0.5) is 0 Å². The van der Waals surface area contributed by atoms with Crippen molar-refractivity contribution in [1.82, 2.24) is 19.1 Å². The van der Waals surface area contributed by atoms with Crippen LogP contribution in [0.3, 0.4) is 0 Å². The van der Waals surface area contributed by atoms with E-state index in [9.17, 15) is 13.2 Å². The van der Waals surface area contributed by atoms with Crippen molar-refractivity contribution in [2.24, 2.45) is 7.05 Å². The number of aryl methyl sites for hydroxylation is 1. The number of carbonyl (C=O) groups excluding carboxylic acids is 1. The third-order valence-electron chi connectivity index (χ3n) is 5.60. The first-order valence-corrected chi connectivity index (χ1v) is 12.0. The van der Waals surface area contributed by atoms with Crippen molar-refractivity contribution < 1.29 is 13.2 Å². The summed E-state index contributed by atoms with van der Waals surface area (Å²) in [4.78, 5) is 15.4. The first kappa shape index (κ1) is 22.9. The van der Waals surface area contributed by atoms with Crippen LogP contribution in [0.1, 0.15) is 63.4 Å². The van der Waals surface area contributed by atoms with Crippen molar-refractivity contribution in [2.75, 3.05) is 32.7 Å². The van der Waals surface area contributed by atoms with Gasteiger partial charge in [-0.05, 0) is 38.4 Å². The van der Waals surface area contributed by atoms with E-state index in [0.717, 1.165) is 19.5 Å². The summed E-state index contributed by atoms with van der Waals surface area (Å²) in [5, 5.41) is 3.03. The number of unbranched alkanes of at least 4 members (excludes halogenated alkanes) is 1. The molecule has 1 saturated heterocycles. The summed E-state index contributed by atoms with van der Waals surface area (Å²) in [5.41, 5.74) is 0.377. The number of carbonyl (C=O) groups is 1. The quantitative estimate of drug-likeness (QED) is 0.640. The lowest BCUT2D eigenvalue weighted by molar-refractivity contribution is 0.0905. The second kappa shape index (κ2) is 10.4. The smallest absolute Gasteiger partial charge is 0.267 e. The molecule has 0 unspecified atom stereocenters. The molecule has 1 atom stereocenters. The Bertz CT molecular complexity index is 741. The summed E-state index contributed by atoms with van der Waals surface area (Å²) < 4.78 is 28.4. The van der Waals surface area contributed by atoms with Gasteiger partial charge in [0.2, 0.25) is 10.0 Å². The highest BCUT2D eigenvalue weighted by Gasteiger charge is 2.26. The van der Waals surface area contributed by atoms with Crippen molar-refractivity contribution in [3.8, 4) is 0 Å². The Balaban J connectivity index is 2.05. The zero-order valence-electron chi connectivity index (χ0n) is 17.8. The first-order valence-electron chi connectivity index (χ1n) is 10.5. The van der Waals surface area contributed by atoms with Gasteiger partial charge in [-0.25, -0.2) is 8.42 Å². The molecule has 1 amide bonds. The Labute approximate surface area is 170 Å². The standard InChI is InChI=1S/C20H36N4O3S/c1-5-8-12-23-13-10-9-11-17(23)15-21-20(25)19-14-18(16-22(19)4)28(26,27)24(6-2)7-3/h14,16-17H,5-13,15H2,1-4H3,(H,21,25)/t17-/m1/s1. The van der Waals surface area contributed by atoms with Crippen LogP contribution in [0.25, 0.3) is 0 Å². The number of hydrogen-bond donors (Lipinski definition) is 1. The largest absolute Gasteiger partial charge is 0.349 e. The zero-order chi connectivity index (χ0) is 20.7. The van der Waals surface area contributed by atoms with Gasteiger partial charge in [0.1, 0.15) is 10.6 Å². The number of nitrogens with zero attached hydrogens (tertiary/aromatic N) is 3. The molecule has 1 aliphatic rings. The molecule has 1 aromatic heterocycles. The molecule has 28 heavy (non-hydrogen) atoms. The van der Waals surface area contributed by atoms with Crippen LogP contribution in [0.5, 0.6) is 0 Å². The molecule has 8 heteroatoms. The predicted molar refractivity (Wildman–Crippen MR) is 112 cm³/mol. The summed E-state index contributed by atoms with van der Waals surface area (Å²) in [5.74, 6) is -0.218. The lowest BCUT2D eigenvalue weighted by Crippen LogP contribution is -2.47. The van der Waals surface area contributed by atoms with E-state index < -0.39 is 10.0 Å². The highest BCUT2D eigenvalue weighted by molar-refractivity contribution is 7.89. The number of piperidine rings is 1. The Kier molecular flexibility index (Phi) is 8.52. The molecular formula is C20H36N4O3S. The fourth-order valence-corrected chi connectivity index (χ4v) is 5.39. The molecular weight excluding hydrogens is 376 g/mol. The summed E-state index contributed by atoms with van der Waals surface area (Å²) in [6.07, 6.45) is 7.38. The fraction of sp³-hybridized carbons (Fsp3) is 0.750. The van der Waals surface area contributed by atoms with Gasteiger partial charge in [0.25, 0.3) is 5.91 Å². The van der Waals surface area contributed by atoms with Gasteiger partial charge in [-0.1, -0.05) is 33.6 Å². The minimum Gasteiger partial charge on any atom is -0.349 e. The number of rotatable bonds is 10. The third kappa shape index (κ3) is 5.36. The maximum absolute atomic E-state index is 12.7. The maximum atomic E-state index is 12.7. The molecule has 0 saturated carbocycles. The molecule has 0 spiro atoms. The normalized spacial score (nSPS) is 18.5. The number of amides is 1. The van der Waals surface area contributed by atoms with Crippen molar-refractivity contribution in [3.63, 3.8) is 0 Å². The van der Waals surface area contributed by atoms with Gasteiger partial charge < -0.3 is 9.88 Å². The SMILES string of the molecule is CCCCN1CCCC[C@@H]1CNC(=O)c1cc(S(=O)(=O)N(CC)CC)cn1C. The Morgan fingerprint density at radius 3 is 2.61 bits per heavy atom. The van der Waals surface area contributed by atoms with Crippen LogP contribution in [0.2, 0.25) is 0 Å². The number of sulfonamides is 1. The lowest BCUT2D eigenvalue weighted by atomic mass is 10.0. The summed E-state index contributed by atoms with van der Waals surface area (Å²) in [6, 6.07) is 1.85. The average molecular weight is 413 g/mol. The van der Waals surface area contributed by atoms with Gasteiger partial charge in [-0.15, -0.1) is 0 Å². The Morgan fingerprint density at radius 1 is 1.25 bits per heavy atom. The van der Waals surface area contributed by atoms with E-state index in [-0.39, 0.29) is 10.8 Å². The first-order chi connectivity index (χ1) is 13.3. The highest BCUT2D eigenvalue weighted by atomic mass is 32.2. The van der Waals surface area contributed by atoms with Crippen molar-refractivity contribution in [3.05, 3.63) is 18.0 Å². The van der Waals surface area contributed by atoms with Gasteiger partial charge in [-0.3, -0.25) is 9.69 Å². The van der Waals surface area contributed by atoms with Crippen molar-refractivity contribution in [2.45, 2.75) is 63.8 Å². The summed E-state index contributed by atoms with van der Waals surface area (Å²) >= 11 is 0. The second-order valence-corrected chi connectivity index (χ2v) is 9.45. The Hall–Kier alpha value is -1.38. The number of aromatic nitrogens is 1. The number of hydrogen-bond acceptors (Lipinski definition) is 4. The third-order valence-corrected chi connectivity index (χ3v) is 7.62. The van der Waals surface area contributed by atoms with E-state index in [2.05, 4.69) is 17.1 Å². The second-order valence-electron chi connectivity index (χ2n) is 7.51. The molecule has 1 aromatic rings. The van der Waals surface area contributed by atoms with Crippen LogP contribution >= 0.6 is 0 Å². The van der Waals surface area contributed by atoms with Crippen molar-refractivity contribution in [1.29, 1.82) is 0 Å². The van der Waals surface area contributed by atoms with E-state index in [0.29, 0.717) is 31.4 Å². The number of likely N-dealkylation sites (tertiary alicyclic amines) is 1. The fourth-order valence-electron chi connectivity index (χ4n) is 3.86. The van der Waals surface area contributed by atoms with Crippen LogP contribution in [-0.4, -0.2) is 66.9 Å². The predicted octanol–water partition coefficient (Wildman–Crippen LogP) is 2.44. The van der Waals surface area contributed by atoms with Crippen LogP contribution in [-0.2, 0) is 17.1 Å². The van der Waals surface area contributed by atoms with E-state index in [4.69, 9.17) is 0 Å². The molecule has 1 aliphatic heterocycles. The number of nitrogens with one attached hydrogen (secondary N) is 1. The van der Waals surface area contributed by atoms with E-state index in [1.54, 1.807) is 11.6 Å². The van der Waals surface area contributed by atoms with Crippen LogP contribution in [0.15, 0.2) is 17.2 Å². The Morgan fingerprint density at radius 2 is 1.96 bits per heavy atom. The molecule has 0 bridgehead atoms. The monoisotopic (exact) mass is 412 g/mol. The molecule has 2 rings (SSSR count). The summed E-state index contributed by atoms with van der Waals surface area (Å²) in [7, 11) is -1.85. The zero-order valence-corrected chi connectivity index (χ0v) is 18.6. The molecule has 0 radical (unpaired) electrons. The van der Waals surface area contributed by atoms with Gasteiger partial charge in [0.15, 0.2) is 0 Å². The average Bonchev–Trinajstić information content (AvgIpc) is 3.08. The van der Waals surface area contributed by atoms with E-state index >= 15 is 0 Å². The topological polar surface area (TPSA) is 74.7 Å².